The monoisotopic (exact) mass is 1920 g/mol. The van der Waals surface area contributed by atoms with Gasteiger partial charge in [0.25, 0.3) is 0 Å². The molecule has 7 heterocycles. The first kappa shape index (κ1) is 102. The van der Waals surface area contributed by atoms with Crippen molar-refractivity contribution < 1.29 is 42.3 Å². The second-order valence-corrected chi connectivity index (χ2v) is 51.5. The van der Waals surface area contributed by atoms with Crippen LogP contribution in [0.25, 0.3) is 0 Å². The minimum atomic E-state index is -2.24. The van der Waals surface area contributed by atoms with Crippen LogP contribution in [0.2, 0.25) is 13.3 Å². The van der Waals surface area contributed by atoms with Crippen LogP contribution >= 0.6 is 63.7 Å². The van der Waals surface area contributed by atoms with Gasteiger partial charge in [0.05, 0.1) is 51.0 Å². The Labute approximate surface area is 729 Å². The summed E-state index contributed by atoms with van der Waals surface area (Å²) < 4.78 is 58.0. The Morgan fingerprint density at radius 3 is 0.833 bits per heavy atom. The molecule has 4 saturated heterocycles. The minimum Gasteiger partial charge on any atom is -0.506 e. The molecular formula is C93H137B4Br4N3O9Sn. The molecule has 0 bridgehead atoms. The van der Waals surface area contributed by atoms with Gasteiger partial charge in [0.2, 0.25) is 0 Å². The first-order valence-corrected chi connectivity index (χ1v) is 51.3. The number of hydrogen-bond donors (Lipinski definition) is 1. The zero-order chi connectivity index (χ0) is 86.2. The normalized spacial score (nSPS) is 17.1. The molecule has 21 heteroatoms. The SMILES string of the molecule is CC1(C)OB(B2OC(C)(C)C(C)(C)O2)OC1(C)C.CCC[CH2][Sn]([CH2]CCC)([CH2]CCC)[c]1ccc(C)cn1.Cc1ccc(B2OC(C)(C)C(C)(C)O2)cc1C.Cc1ccc(B2OC(C)(C)C(C)(C)O2)cc1C.Cc1ccc(Br)cc1C.Cc1ccc(Br)cc1C.Cc1ccc(Br)nc1.Cc1ccccc1C.Oc1ccc(Br)nc1. The summed E-state index contributed by atoms with van der Waals surface area (Å²) in [6.45, 7) is 65.1. The molecule has 114 heavy (non-hydrogen) atoms. The number of aromatic nitrogens is 3. The Morgan fingerprint density at radius 1 is 0.316 bits per heavy atom. The fraction of sp³-hybridized carbons (Fsp3) is 0.516. The summed E-state index contributed by atoms with van der Waals surface area (Å²) >= 11 is 10.9. The molecule has 0 amide bonds. The third-order valence-electron chi connectivity index (χ3n) is 23.3. The summed E-state index contributed by atoms with van der Waals surface area (Å²) in [7, 11) is -1.45. The largest absolute Gasteiger partial charge is 0.506 e. The van der Waals surface area contributed by atoms with E-state index in [9.17, 15) is 0 Å². The number of rotatable bonds is 13. The summed E-state index contributed by atoms with van der Waals surface area (Å²) in [6.07, 6.45) is 13.6. The number of halogens is 4. The van der Waals surface area contributed by atoms with Gasteiger partial charge in [0.15, 0.2) is 0 Å². The van der Waals surface area contributed by atoms with Crippen LogP contribution in [0.5, 0.6) is 5.75 Å². The van der Waals surface area contributed by atoms with Gasteiger partial charge in [-0.1, -0.05) is 111 Å². The summed E-state index contributed by atoms with van der Waals surface area (Å²) in [5.74, 6) is 0.188. The second-order valence-electron chi connectivity index (χ2n) is 35.0. The number of benzene rings is 5. The summed E-state index contributed by atoms with van der Waals surface area (Å²) in [4.78, 5) is 12.6. The predicted molar refractivity (Wildman–Crippen MR) is 502 cm³/mol. The maximum Gasteiger partial charge on any atom is 0.494 e. The molecule has 1 N–H and O–H groups in total. The molecule has 0 atom stereocenters. The number of nitrogens with zero attached hydrogens (tertiary/aromatic N) is 3. The quantitative estimate of drug-likeness (QED) is 0.0870. The van der Waals surface area contributed by atoms with Crippen LogP contribution in [-0.2, 0) is 37.2 Å². The molecule has 5 aromatic carbocycles. The van der Waals surface area contributed by atoms with Crippen molar-refractivity contribution in [2.24, 2.45) is 0 Å². The number of aromatic hydroxyl groups is 1. The van der Waals surface area contributed by atoms with Crippen molar-refractivity contribution in [1.82, 2.24) is 15.0 Å². The Kier molecular flexibility index (Phi) is 40.9. The second kappa shape index (κ2) is 45.6. The van der Waals surface area contributed by atoms with E-state index >= 15 is 0 Å². The van der Waals surface area contributed by atoms with Crippen molar-refractivity contribution in [3.05, 3.63) is 237 Å². The van der Waals surface area contributed by atoms with Crippen LogP contribution in [0.4, 0.5) is 0 Å². The van der Waals surface area contributed by atoms with E-state index < -0.39 is 32.4 Å². The molecule has 8 aromatic rings. The topological polar surface area (TPSA) is 133 Å². The smallest absolute Gasteiger partial charge is 0.494 e. The minimum absolute atomic E-state index is 0.188. The Hall–Kier alpha value is -3.99. The van der Waals surface area contributed by atoms with E-state index in [1.54, 1.807) is 15.8 Å². The van der Waals surface area contributed by atoms with Crippen molar-refractivity contribution in [1.29, 1.82) is 0 Å². The third-order valence-corrected chi connectivity index (χ3v) is 40.4. The molecule has 0 aliphatic carbocycles. The van der Waals surface area contributed by atoms with Crippen LogP contribution in [0, 0.1) is 83.1 Å². The fourth-order valence-electron chi connectivity index (χ4n) is 11.8. The van der Waals surface area contributed by atoms with Gasteiger partial charge >= 0.3 is 159 Å². The van der Waals surface area contributed by atoms with Crippen molar-refractivity contribution >= 4 is 125 Å². The Morgan fingerprint density at radius 2 is 0.596 bits per heavy atom. The van der Waals surface area contributed by atoms with Crippen molar-refractivity contribution in [3.63, 3.8) is 0 Å². The van der Waals surface area contributed by atoms with Crippen molar-refractivity contribution in [2.45, 2.75) is 311 Å². The first-order chi connectivity index (χ1) is 52.8. The van der Waals surface area contributed by atoms with E-state index in [1.807, 2.05) is 80.6 Å². The summed E-state index contributed by atoms with van der Waals surface area (Å²) in [5.41, 5.74) is 15.4. The zero-order valence-corrected chi connectivity index (χ0v) is 84.4. The molecular weight excluding hydrogens is 1780 g/mol. The predicted octanol–water partition coefficient (Wildman–Crippen LogP) is 25.0. The molecule has 0 radical (unpaired) electrons. The molecule has 12 nitrogen and oxygen atoms in total. The molecule has 0 spiro atoms. The van der Waals surface area contributed by atoms with E-state index in [1.165, 1.54) is 125 Å². The van der Waals surface area contributed by atoms with Gasteiger partial charge in [0, 0.05) is 15.1 Å². The molecule has 622 valence electrons. The van der Waals surface area contributed by atoms with Crippen LogP contribution in [0.15, 0.2) is 170 Å². The zero-order valence-electron chi connectivity index (χ0n) is 75.2. The van der Waals surface area contributed by atoms with Gasteiger partial charge in [-0.05, 0) is 333 Å². The van der Waals surface area contributed by atoms with Gasteiger partial charge in [0.1, 0.15) is 15.0 Å². The van der Waals surface area contributed by atoms with Gasteiger partial charge in [-0.2, -0.15) is 0 Å². The van der Waals surface area contributed by atoms with E-state index in [-0.39, 0.29) is 64.8 Å². The number of unbranched alkanes of at least 4 members (excludes halogenated alkanes) is 3. The van der Waals surface area contributed by atoms with Crippen LogP contribution in [0.3, 0.4) is 0 Å². The first-order valence-electron chi connectivity index (χ1n) is 40.7. The van der Waals surface area contributed by atoms with Gasteiger partial charge < -0.3 is 42.3 Å². The van der Waals surface area contributed by atoms with Crippen molar-refractivity contribution in [2.75, 3.05) is 0 Å². The summed E-state index contributed by atoms with van der Waals surface area (Å²) in [5, 5.41) is 8.67. The Balaban J connectivity index is 0.000000276. The Bertz CT molecular complexity index is 3880. The average Bonchev–Trinajstić information content (AvgIpc) is 1.64. The molecule has 0 unspecified atom stereocenters. The molecule has 12 rings (SSSR count). The van der Waals surface area contributed by atoms with Crippen LogP contribution in [-0.4, -0.2) is 111 Å². The maximum atomic E-state index is 8.67. The standard InChI is InChI=1S/2C14H21BO2.C12H24B2O4.2C8H9Br.C8H10.C6H6BrN.C6H6N.C5H4BrNO.3C4H9.Sn/c2*1-10-7-8-12(9-11(10)2)15-16-13(3,4)14(5,6)17-15;1-9(2)10(3,4)16-13(15-9)14-17-11(5,6)12(7,8)18-14;2*1-6-3-4-8(9)5-7(6)2;1-7-5-3-4-6-8(7)2;1-5-2-3-6(7)8-4-5;1-6-3-2-4-7-5-6;6-5-2-1-4(8)3-7-5;3*1-3-4-2;/h2*7-9H,1-6H3;1-8H3;2*3-5H,1-2H3;3-6H,1-2H3;2-4H,1H3;2-3,5H,1H3;1-3,8H;3*1,3-4H2,2H3;. The molecule has 0 saturated carbocycles. The van der Waals surface area contributed by atoms with Gasteiger partial charge in [-0.25, -0.2) is 9.97 Å². The number of pyridine rings is 3. The molecule has 4 fully saturated rings. The third kappa shape index (κ3) is 31.5. The van der Waals surface area contributed by atoms with Crippen LogP contribution < -0.4 is 14.6 Å². The van der Waals surface area contributed by atoms with Gasteiger partial charge in [-0.3, -0.25) is 0 Å². The molecule has 3 aromatic heterocycles. The van der Waals surface area contributed by atoms with Crippen molar-refractivity contribution in [3.8, 4) is 5.75 Å². The van der Waals surface area contributed by atoms with Crippen LogP contribution in [0.1, 0.15) is 237 Å². The van der Waals surface area contributed by atoms with Gasteiger partial charge in [-0.15, -0.1) is 0 Å². The fourth-order valence-corrected chi connectivity index (χ4v) is 28.5. The van der Waals surface area contributed by atoms with E-state index in [2.05, 4.69) is 341 Å². The summed E-state index contributed by atoms with van der Waals surface area (Å²) in [6, 6.07) is 45.5. The maximum absolute atomic E-state index is 8.67. The van der Waals surface area contributed by atoms with E-state index in [0.29, 0.717) is 0 Å². The van der Waals surface area contributed by atoms with E-state index in [0.717, 1.165) is 29.1 Å². The molecule has 4 aliphatic rings. The molecule has 4 aliphatic heterocycles. The van der Waals surface area contributed by atoms with E-state index in [4.69, 9.17) is 47.3 Å². The number of aryl methyl sites for hydroxylation is 12. The number of hydrogen-bond acceptors (Lipinski definition) is 12. The average molecular weight is 1920 g/mol.